The van der Waals surface area contributed by atoms with Gasteiger partial charge in [-0.25, -0.2) is 0 Å². The first kappa shape index (κ1) is 21.2. The van der Waals surface area contributed by atoms with Gasteiger partial charge in [0.25, 0.3) is 0 Å². The normalized spacial score (nSPS) is 11.6. The van der Waals surface area contributed by atoms with Crippen molar-refractivity contribution in [3.05, 3.63) is 30.3 Å². The minimum atomic E-state index is -1.00. The maximum atomic E-state index is 5.72. The zero-order valence-corrected chi connectivity index (χ0v) is 17.2. The molecule has 0 heterocycles. The number of unbranched alkanes of at least 4 members (excludes halogenated alkanes) is 5. The SMILES string of the molecule is CCCCCCCC[Si](C)(C)CCCOCCOc1ccccc1. The molecule has 138 valence electrons. The van der Waals surface area contributed by atoms with E-state index in [0.29, 0.717) is 13.2 Å². The van der Waals surface area contributed by atoms with Gasteiger partial charge in [-0.2, -0.15) is 0 Å². The van der Waals surface area contributed by atoms with E-state index in [4.69, 9.17) is 9.47 Å². The van der Waals surface area contributed by atoms with Crippen LogP contribution in [-0.4, -0.2) is 27.9 Å². The first-order chi connectivity index (χ1) is 11.6. The van der Waals surface area contributed by atoms with Crippen LogP contribution in [0.25, 0.3) is 0 Å². The fourth-order valence-electron chi connectivity index (χ4n) is 3.00. The summed E-state index contributed by atoms with van der Waals surface area (Å²) in [6.07, 6.45) is 9.70. The second-order valence-electron chi connectivity index (χ2n) is 7.56. The summed E-state index contributed by atoms with van der Waals surface area (Å²) in [7, 11) is -1.00. The molecule has 0 saturated carbocycles. The quantitative estimate of drug-likeness (QED) is 0.264. The standard InChI is InChI=1S/C21H38O2Si/c1-4-5-6-7-8-12-19-24(2,3)20-13-16-22-17-18-23-21-14-10-9-11-15-21/h9-11,14-15H,4-8,12-13,16-20H2,1-3H3. The summed E-state index contributed by atoms with van der Waals surface area (Å²) in [6, 6.07) is 12.8. The van der Waals surface area contributed by atoms with Gasteiger partial charge in [0, 0.05) is 14.7 Å². The van der Waals surface area contributed by atoms with E-state index in [1.807, 2.05) is 30.3 Å². The van der Waals surface area contributed by atoms with Crippen molar-refractivity contribution in [2.24, 2.45) is 0 Å². The van der Waals surface area contributed by atoms with E-state index in [1.165, 1.54) is 57.0 Å². The molecule has 24 heavy (non-hydrogen) atoms. The molecule has 2 nitrogen and oxygen atoms in total. The molecule has 0 aliphatic carbocycles. The van der Waals surface area contributed by atoms with Crippen molar-refractivity contribution in [2.75, 3.05) is 19.8 Å². The van der Waals surface area contributed by atoms with Gasteiger partial charge in [-0.3, -0.25) is 0 Å². The molecule has 1 aromatic rings. The third-order valence-corrected chi connectivity index (χ3v) is 8.00. The monoisotopic (exact) mass is 350 g/mol. The summed E-state index contributed by atoms with van der Waals surface area (Å²) >= 11 is 0. The van der Waals surface area contributed by atoms with E-state index < -0.39 is 8.07 Å². The van der Waals surface area contributed by atoms with Crippen molar-refractivity contribution in [1.82, 2.24) is 0 Å². The van der Waals surface area contributed by atoms with Crippen LogP contribution in [-0.2, 0) is 4.74 Å². The third-order valence-electron chi connectivity index (χ3n) is 4.59. The highest BCUT2D eigenvalue weighted by atomic mass is 28.3. The Kier molecular flexibility index (Phi) is 11.9. The van der Waals surface area contributed by atoms with Gasteiger partial charge in [0.05, 0.1) is 6.61 Å². The highest BCUT2D eigenvalue weighted by Crippen LogP contribution is 2.21. The van der Waals surface area contributed by atoms with Crippen molar-refractivity contribution in [2.45, 2.75) is 77.1 Å². The summed E-state index contributed by atoms with van der Waals surface area (Å²) in [5.41, 5.74) is 0. The van der Waals surface area contributed by atoms with Crippen LogP contribution < -0.4 is 4.74 Å². The Morgan fingerprint density at radius 3 is 2.17 bits per heavy atom. The minimum Gasteiger partial charge on any atom is -0.491 e. The van der Waals surface area contributed by atoms with Crippen LogP contribution >= 0.6 is 0 Å². The van der Waals surface area contributed by atoms with E-state index in [1.54, 1.807) is 0 Å². The lowest BCUT2D eigenvalue weighted by Crippen LogP contribution is -2.25. The van der Waals surface area contributed by atoms with Gasteiger partial charge >= 0.3 is 0 Å². The Morgan fingerprint density at radius 2 is 1.42 bits per heavy atom. The van der Waals surface area contributed by atoms with Crippen LogP contribution in [0.4, 0.5) is 0 Å². The van der Waals surface area contributed by atoms with Crippen LogP contribution in [0, 0.1) is 0 Å². The van der Waals surface area contributed by atoms with Gasteiger partial charge in [-0.1, -0.05) is 88.8 Å². The predicted octanol–water partition coefficient (Wildman–Crippen LogP) is 6.54. The molecule has 0 spiro atoms. The largest absolute Gasteiger partial charge is 0.491 e. The van der Waals surface area contributed by atoms with Crippen molar-refractivity contribution >= 4 is 8.07 Å². The van der Waals surface area contributed by atoms with Crippen molar-refractivity contribution in [3.63, 3.8) is 0 Å². The molecular weight excluding hydrogens is 312 g/mol. The Balaban J connectivity index is 1.93. The zero-order chi connectivity index (χ0) is 17.5. The number of benzene rings is 1. The van der Waals surface area contributed by atoms with Gasteiger partial charge in [-0.15, -0.1) is 0 Å². The van der Waals surface area contributed by atoms with E-state index in [9.17, 15) is 0 Å². The van der Waals surface area contributed by atoms with Gasteiger partial charge in [0.15, 0.2) is 0 Å². The van der Waals surface area contributed by atoms with Crippen LogP contribution in [0.15, 0.2) is 30.3 Å². The molecule has 0 aliphatic heterocycles. The Bertz CT molecular complexity index is 392. The average Bonchev–Trinajstić information content (AvgIpc) is 2.58. The number of rotatable bonds is 15. The lowest BCUT2D eigenvalue weighted by atomic mass is 10.1. The zero-order valence-electron chi connectivity index (χ0n) is 16.2. The maximum Gasteiger partial charge on any atom is 0.119 e. The third kappa shape index (κ3) is 11.7. The highest BCUT2D eigenvalue weighted by molar-refractivity contribution is 6.77. The minimum absolute atomic E-state index is 0.641. The maximum absolute atomic E-state index is 5.72. The summed E-state index contributed by atoms with van der Waals surface area (Å²) in [6.45, 7) is 9.57. The van der Waals surface area contributed by atoms with Crippen molar-refractivity contribution in [3.8, 4) is 5.75 Å². The van der Waals surface area contributed by atoms with Crippen molar-refractivity contribution in [1.29, 1.82) is 0 Å². The molecule has 0 saturated heterocycles. The summed E-state index contributed by atoms with van der Waals surface area (Å²) < 4.78 is 11.3. The first-order valence-electron chi connectivity index (χ1n) is 9.90. The molecule has 1 rings (SSSR count). The van der Waals surface area contributed by atoms with Crippen LogP contribution in [0.2, 0.25) is 25.2 Å². The van der Waals surface area contributed by atoms with E-state index in [2.05, 4.69) is 20.0 Å². The van der Waals surface area contributed by atoms with E-state index in [-0.39, 0.29) is 0 Å². The number of ether oxygens (including phenoxy) is 2. The Labute approximate surface area is 151 Å². The second-order valence-corrected chi connectivity index (χ2v) is 12.9. The lowest BCUT2D eigenvalue weighted by molar-refractivity contribution is 0.100. The molecule has 3 heteroatoms. The fraction of sp³-hybridized carbons (Fsp3) is 0.714. The molecule has 0 aromatic heterocycles. The fourth-order valence-corrected chi connectivity index (χ4v) is 5.56. The van der Waals surface area contributed by atoms with Gasteiger partial charge in [0.1, 0.15) is 12.4 Å². The van der Waals surface area contributed by atoms with Crippen LogP contribution in [0.5, 0.6) is 5.75 Å². The molecule has 0 N–H and O–H groups in total. The van der Waals surface area contributed by atoms with Crippen molar-refractivity contribution < 1.29 is 9.47 Å². The molecule has 0 bridgehead atoms. The molecule has 0 amide bonds. The molecule has 0 unspecified atom stereocenters. The Morgan fingerprint density at radius 1 is 0.750 bits per heavy atom. The second kappa shape index (κ2) is 13.5. The molecule has 0 radical (unpaired) electrons. The highest BCUT2D eigenvalue weighted by Gasteiger charge is 2.19. The summed E-state index contributed by atoms with van der Waals surface area (Å²) in [5.74, 6) is 0.925. The summed E-state index contributed by atoms with van der Waals surface area (Å²) in [4.78, 5) is 0. The van der Waals surface area contributed by atoms with Gasteiger partial charge in [-0.05, 0) is 18.6 Å². The number of hydrogen-bond donors (Lipinski definition) is 0. The molecule has 0 fully saturated rings. The number of para-hydroxylation sites is 1. The predicted molar refractivity (Wildman–Crippen MR) is 108 cm³/mol. The van der Waals surface area contributed by atoms with Gasteiger partial charge < -0.3 is 9.47 Å². The molecule has 1 aromatic carbocycles. The summed E-state index contributed by atoms with van der Waals surface area (Å²) in [5, 5.41) is 0. The average molecular weight is 351 g/mol. The number of hydrogen-bond acceptors (Lipinski definition) is 2. The van der Waals surface area contributed by atoms with E-state index in [0.717, 1.165) is 12.4 Å². The van der Waals surface area contributed by atoms with Gasteiger partial charge in [0.2, 0.25) is 0 Å². The Hall–Kier alpha value is -0.803. The molecular formula is C21H38O2Si. The lowest BCUT2D eigenvalue weighted by Gasteiger charge is -2.22. The first-order valence-corrected chi connectivity index (χ1v) is 13.3. The smallest absolute Gasteiger partial charge is 0.119 e. The van der Waals surface area contributed by atoms with Crippen LogP contribution in [0.3, 0.4) is 0 Å². The van der Waals surface area contributed by atoms with E-state index >= 15 is 0 Å². The van der Waals surface area contributed by atoms with Crippen LogP contribution in [0.1, 0.15) is 51.9 Å². The molecule has 0 aliphatic rings. The molecule has 0 atom stereocenters. The topological polar surface area (TPSA) is 18.5 Å².